The number of carbonyl (C=O) groups excluding carboxylic acids is 2. The molecule has 0 bridgehead atoms. The molecule has 2 N–H and O–H groups in total. The molecule has 4 aliphatic carbocycles. The predicted molar refractivity (Wildman–Crippen MR) is 143 cm³/mol. The van der Waals surface area contributed by atoms with Crippen LogP contribution in [-0.2, 0) is 9.59 Å². The second-order valence-electron chi connectivity index (χ2n) is 12.2. The monoisotopic (exact) mass is 525 g/mol. The maximum atomic E-state index is 17.2. The molecule has 8 unspecified atom stereocenters. The summed E-state index contributed by atoms with van der Waals surface area (Å²) in [6.07, 6.45) is 6.34. The maximum Gasteiger partial charge on any atom is 0.223 e. The lowest BCUT2D eigenvalue weighted by atomic mass is 9.45. The van der Waals surface area contributed by atoms with Crippen molar-refractivity contribution in [2.24, 2.45) is 34.5 Å². The summed E-state index contributed by atoms with van der Waals surface area (Å²) in [5.74, 6) is 0.726. The Balaban J connectivity index is 1.26. The fourth-order valence-corrected chi connectivity index (χ4v) is 8.41. The first kappa shape index (κ1) is 26.9. The van der Waals surface area contributed by atoms with Gasteiger partial charge in [0.15, 0.2) is 11.5 Å². The van der Waals surface area contributed by atoms with Crippen LogP contribution in [0.25, 0.3) is 0 Å². The summed E-state index contributed by atoms with van der Waals surface area (Å²) in [5, 5.41) is 14.5. The minimum atomic E-state index is -1.86. The van der Waals surface area contributed by atoms with Crippen LogP contribution >= 0.6 is 0 Å². The first-order chi connectivity index (χ1) is 18.0. The fraction of sp³-hybridized carbons (Fsp3) is 0.613. The highest BCUT2D eigenvalue weighted by Gasteiger charge is 2.71. The van der Waals surface area contributed by atoms with Crippen LogP contribution in [0.5, 0.6) is 11.5 Å². The van der Waals surface area contributed by atoms with Crippen molar-refractivity contribution in [3.8, 4) is 11.5 Å². The topological polar surface area (TPSA) is 84.9 Å². The van der Waals surface area contributed by atoms with Gasteiger partial charge in [0.1, 0.15) is 11.5 Å². The van der Waals surface area contributed by atoms with Crippen molar-refractivity contribution >= 4 is 11.7 Å². The van der Waals surface area contributed by atoms with Gasteiger partial charge in [0, 0.05) is 29.9 Å². The highest BCUT2D eigenvalue weighted by molar-refractivity contribution is 6.01. The van der Waals surface area contributed by atoms with Crippen molar-refractivity contribution in [3.05, 3.63) is 48.1 Å². The molecule has 38 heavy (non-hydrogen) atoms. The number of benzene rings is 1. The van der Waals surface area contributed by atoms with Crippen molar-refractivity contribution in [2.45, 2.75) is 64.6 Å². The summed E-state index contributed by atoms with van der Waals surface area (Å²) in [4.78, 5) is 25.5. The molecule has 8 atom stereocenters. The first-order valence-electron chi connectivity index (χ1n) is 13.9. The Kier molecular flexibility index (Phi) is 6.95. The van der Waals surface area contributed by atoms with E-state index < -0.39 is 22.6 Å². The SMILES string of the molecule is COc1cccc(OCCCNC(=O)C2C(C)CC3C4CCC5=CC(=O)C=CC5(C)C4(F)C(O)CC32C)c1. The van der Waals surface area contributed by atoms with Crippen molar-refractivity contribution in [1.82, 2.24) is 5.32 Å². The van der Waals surface area contributed by atoms with Crippen LogP contribution in [0.1, 0.15) is 52.9 Å². The van der Waals surface area contributed by atoms with Gasteiger partial charge in [-0.2, -0.15) is 0 Å². The molecule has 7 heteroatoms. The van der Waals surface area contributed by atoms with Crippen LogP contribution in [0, 0.1) is 34.5 Å². The Morgan fingerprint density at radius 3 is 2.76 bits per heavy atom. The van der Waals surface area contributed by atoms with Crippen LogP contribution < -0.4 is 14.8 Å². The number of ketones is 1. The smallest absolute Gasteiger partial charge is 0.223 e. The molecule has 3 fully saturated rings. The zero-order valence-corrected chi connectivity index (χ0v) is 22.8. The molecule has 6 nitrogen and oxygen atoms in total. The number of methoxy groups -OCH3 is 1. The molecule has 0 radical (unpaired) electrons. The van der Waals surface area contributed by atoms with Crippen LogP contribution in [0.2, 0.25) is 0 Å². The number of carbonyl (C=O) groups is 2. The van der Waals surface area contributed by atoms with Gasteiger partial charge in [-0.1, -0.05) is 31.6 Å². The number of nitrogens with one attached hydrogen (secondary N) is 1. The molecule has 4 aliphatic rings. The lowest BCUT2D eigenvalue weighted by Crippen LogP contribution is -2.67. The van der Waals surface area contributed by atoms with Gasteiger partial charge in [-0.3, -0.25) is 9.59 Å². The molecule has 206 valence electrons. The number of amides is 1. The molecule has 5 rings (SSSR count). The van der Waals surface area contributed by atoms with Crippen molar-refractivity contribution in [2.75, 3.05) is 20.3 Å². The molecular weight excluding hydrogens is 485 g/mol. The number of aliphatic hydroxyl groups is 1. The third kappa shape index (κ3) is 4.09. The second kappa shape index (κ2) is 9.82. The van der Waals surface area contributed by atoms with E-state index in [0.717, 1.165) is 23.5 Å². The summed E-state index contributed by atoms with van der Waals surface area (Å²) in [5.41, 5.74) is -2.58. The molecule has 1 amide bonds. The van der Waals surface area contributed by atoms with Crippen molar-refractivity contribution in [3.63, 3.8) is 0 Å². The predicted octanol–water partition coefficient (Wildman–Crippen LogP) is 4.81. The molecular formula is C31H40FNO5. The molecule has 0 spiro atoms. The molecule has 1 aromatic carbocycles. The minimum Gasteiger partial charge on any atom is -0.497 e. The number of rotatable bonds is 7. The van der Waals surface area contributed by atoms with Crippen LogP contribution in [0.4, 0.5) is 4.39 Å². The summed E-state index contributed by atoms with van der Waals surface area (Å²) in [6, 6.07) is 7.42. The number of halogens is 1. The number of aliphatic hydroxyl groups excluding tert-OH is 1. The molecule has 3 saturated carbocycles. The summed E-state index contributed by atoms with van der Waals surface area (Å²) in [6.45, 7) is 6.94. The minimum absolute atomic E-state index is 0.0116. The summed E-state index contributed by atoms with van der Waals surface area (Å²) in [7, 11) is 1.61. The standard InChI is InChI=1S/C31H40FNO5/c1-19-15-25-24-10-9-20-16-21(34)11-12-30(20,3)31(24,32)26(35)18-29(25,2)27(19)28(36)33-13-6-14-38-23-8-5-7-22(17-23)37-4/h5,7-8,11-12,16-17,19,24-27,35H,6,9-10,13-15,18H2,1-4H3,(H,33,36). The number of ether oxygens (including phenoxy) is 2. The quantitative estimate of drug-likeness (QED) is 0.499. The third-order valence-corrected chi connectivity index (χ3v) is 10.2. The van der Waals surface area contributed by atoms with E-state index in [2.05, 4.69) is 19.2 Å². The fourth-order valence-electron chi connectivity index (χ4n) is 8.41. The maximum absolute atomic E-state index is 17.2. The van der Waals surface area contributed by atoms with Gasteiger partial charge in [0.25, 0.3) is 0 Å². The van der Waals surface area contributed by atoms with Crippen LogP contribution in [0.15, 0.2) is 48.1 Å². The van der Waals surface area contributed by atoms with E-state index in [1.54, 1.807) is 19.3 Å². The van der Waals surface area contributed by atoms with E-state index in [0.29, 0.717) is 32.4 Å². The van der Waals surface area contributed by atoms with Crippen LogP contribution in [-0.4, -0.2) is 48.8 Å². The van der Waals surface area contributed by atoms with Gasteiger partial charge in [-0.15, -0.1) is 0 Å². The van der Waals surface area contributed by atoms with Gasteiger partial charge in [-0.05, 0) is 80.6 Å². The van der Waals surface area contributed by atoms with Gasteiger partial charge in [0.2, 0.25) is 5.91 Å². The first-order valence-corrected chi connectivity index (χ1v) is 13.9. The number of fused-ring (bicyclic) bond motifs is 5. The highest BCUT2D eigenvalue weighted by Crippen LogP contribution is 2.69. The molecule has 0 saturated heterocycles. The number of alkyl halides is 1. The third-order valence-electron chi connectivity index (χ3n) is 10.2. The Bertz CT molecular complexity index is 1160. The Morgan fingerprint density at radius 1 is 1.24 bits per heavy atom. The van der Waals surface area contributed by atoms with E-state index in [1.165, 1.54) is 6.08 Å². The average molecular weight is 526 g/mol. The zero-order valence-electron chi connectivity index (χ0n) is 22.8. The number of allylic oxidation sites excluding steroid dienone is 4. The van der Waals surface area contributed by atoms with E-state index >= 15 is 4.39 Å². The van der Waals surface area contributed by atoms with Crippen molar-refractivity contribution < 1.29 is 28.6 Å². The molecule has 0 heterocycles. The molecule has 0 aliphatic heterocycles. The lowest BCUT2D eigenvalue weighted by molar-refractivity contribution is -0.195. The Labute approximate surface area is 224 Å². The van der Waals surface area contributed by atoms with Gasteiger partial charge >= 0.3 is 0 Å². The Morgan fingerprint density at radius 2 is 2.00 bits per heavy atom. The van der Waals surface area contributed by atoms with Crippen molar-refractivity contribution in [1.29, 1.82) is 0 Å². The summed E-state index contributed by atoms with van der Waals surface area (Å²) < 4.78 is 28.2. The normalized spacial score (nSPS) is 39.5. The number of hydrogen-bond acceptors (Lipinski definition) is 5. The van der Waals surface area contributed by atoms with Gasteiger partial charge < -0.3 is 19.9 Å². The average Bonchev–Trinajstić information content (AvgIpc) is 3.14. The van der Waals surface area contributed by atoms with E-state index in [-0.39, 0.29) is 41.8 Å². The van der Waals surface area contributed by atoms with E-state index in [9.17, 15) is 14.7 Å². The van der Waals surface area contributed by atoms with Gasteiger partial charge in [-0.25, -0.2) is 4.39 Å². The summed E-state index contributed by atoms with van der Waals surface area (Å²) >= 11 is 0. The van der Waals surface area contributed by atoms with Crippen LogP contribution in [0.3, 0.4) is 0 Å². The van der Waals surface area contributed by atoms with Gasteiger partial charge in [0.05, 0.1) is 19.8 Å². The zero-order chi connectivity index (χ0) is 27.3. The molecule has 0 aromatic heterocycles. The molecule has 1 aromatic rings. The van der Waals surface area contributed by atoms with E-state index in [4.69, 9.17) is 9.47 Å². The lowest BCUT2D eigenvalue weighted by Gasteiger charge is -2.61. The second-order valence-corrected chi connectivity index (χ2v) is 12.2. The van der Waals surface area contributed by atoms with E-state index in [1.807, 2.05) is 31.2 Å². The largest absolute Gasteiger partial charge is 0.497 e. The number of hydrogen-bond donors (Lipinski definition) is 2. The Hall–Kier alpha value is -2.67. The highest BCUT2D eigenvalue weighted by atomic mass is 19.1.